The van der Waals surface area contributed by atoms with E-state index in [1.807, 2.05) is 11.8 Å². The van der Waals surface area contributed by atoms with E-state index in [9.17, 15) is 0 Å². The van der Waals surface area contributed by atoms with E-state index in [4.69, 9.17) is 5.73 Å². The van der Waals surface area contributed by atoms with Gasteiger partial charge in [0.05, 0.1) is 0 Å². The lowest BCUT2D eigenvalue weighted by Gasteiger charge is -2.35. The minimum atomic E-state index is 0.547. The minimum Gasteiger partial charge on any atom is -0.330 e. The van der Waals surface area contributed by atoms with Crippen molar-refractivity contribution in [3.63, 3.8) is 0 Å². The van der Waals surface area contributed by atoms with Gasteiger partial charge in [0.2, 0.25) is 0 Å². The summed E-state index contributed by atoms with van der Waals surface area (Å²) in [6, 6.07) is 10.6. The third-order valence-corrected chi connectivity index (χ3v) is 5.56. The fourth-order valence-corrected chi connectivity index (χ4v) is 4.00. The first-order valence-corrected chi connectivity index (χ1v) is 9.15. The van der Waals surface area contributed by atoms with Gasteiger partial charge in [0, 0.05) is 17.0 Å². The van der Waals surface area contributed by atoms with Crippen LogP contribution in [-0.4, -0.2) is 30.3 Å². The fourth-order valence-electron chi connectivity index (χ4n) is 3.60. The number of benzene rings is 1. The van der Waals surface area contributed by atoms with E-state index in [0.717, 1.165) is 12.6 Å². The van der Waals surface area contributed by atoms with Crippen LogP contribution in [0.15, 0.2) is 29.2 Å². The highest BCUT2D eigenvalue weighted by Crippen LogP contribution is 2.41. The standard InChI is InChI=1S/C17H26N2S/c1-20-16-9-5-13(6-10-16)17-14(12-18)4-2-3-11-19(17)15-7-8-15/h5-6,9-10,14-15,17H,2-4,7-8,11-12,18H2,1H3. The van der Waals surface area contributed by atoms with Crippen molar-refractivity contribution in [1.82, 2.24) is 4.90 Å². The topological polar surface area (TPSA) is 29.3 Å². The van der Waals surface area contributed by atoms with Crippen molar-refractivity contribution >= 4 is 11.8 Å². The molecule has 0 bridgehead atoms. The largest absolute Gasteiger partial charge is 0.330 e. The van der Waals surface area contributed by atoms with E-state index in [2.05, 4.69) is 35.4 Å². The molecular formula is C17H26N2S. The molecule has 2 aliphatic rings. The molecular weight excluding hydrogens is 264 g/mol. The van der Waals surface area contributed by atoms with Crippen LogP contribution >= 0.6 is 11.8 Å². The Balaban J connectivity index is 1.89. The van der Waals surface area contributed by atoms with Crippen LogP contribution in [0.2, 0.25) is 0 Å². The second-order valence-corrected chi connectivity index (χ2v) is 7.06. The second kappa shape index (κ2) is 6.50. The normalized spacial score (nSPS) is 28.3. The van der Waals surface area contributed by atoms with Gasteiger partial charge in [-0.15, -0.1) is 11.8 Å². The highest BCUT2D eigenvalue weighted by molar-refractivity contribution is 7.98. The van der Waals surface area contributed by atoms with E-state index in [1.54, 1.807) is 0 Å². The molecule has 2 N–H and O–H groups in total. The van der Waals surface area contributed by atoms with Crippen molar-refractivity contribution in [2.45, 2.75) is 49.1 Å². The van der Waals surface area contributed by atoms with E-state index in [0.29, 0.717) is 12.0 Å². The van der Waals surface area contributed by atoms with Gasteiger partial charge in [-0.05, 0) is 68.6 Å². The Bertz CT molecular complexity index is 427. The quantitative estimate of drug-likeness (QED) is 0.858. The average Bonchev–Trinajstić information content (AvgIpc) is 3.32. The van der Waals surface area contributed by atoms with Crippen LogP contribution in [0.3, 0.4) is 0 Å². The van der Waals surface area contributed by atoms with Gasteiger partial charge in [0.1, 0.15) is 0 Å². The Morgan fingerprint density at radius 1 is 1.15 bits per heavy atom. The Morgan fingerprint density at radius 3 is 2.50 bits per heavy atom. The first-order valence-electron chi connectivity index (χ1n) is 7.93. The van der Waals surface area contributed by atoms with Crippen LogP contribution in [-0.2, 0) is 0 Å². The van der Waals surface area contributed by atoms with E-state index < -0.39 is 0 Å². The highest BCUT2D eigenvalue weighted by atomic mass is 32.2. The third-order valence-electron chi connectivity index (χ3n) is 4.82. The van der Waals surface area contributed by atoms with Crippen LogP contribution in [0.4, 0.5) is 0 Å². The molecule has 1 saturated heterocycles. The molecule has 1 aliphatic carbocycles. The summed E-state index contributed by atoms with van der Waals surface area (Å²) >= 11 is 1.82. The number of thioether (sulfide) groups is 1. The molecule has 110 valence electrons. The summed E-state index contributed by atoms with van der Waals surface area (Å²) in [6.07, 6.45) is 8.87. The van der Waals surface area contributed by atoms with Crippen molar-refractivity contribution in [2.75, 3.05) is 19.3 Å². The van der Waals surface area contributed by atoms with Gasteiger partial charge in [0.15, 0.2) is 0 Å². The van der Waals surface area contributed by atoms with Crippen LogP contribution in [0.25, 0.3) is 0 Å². The lowest BCUT2D eigenvalue weighted by atomic mass is 9.89. The van der Waals surface area contributed by atoms with Crippen molar-refractivity contribution in [3.8, 4) is 0 Å². The molecule has 2 atom stereocenters. The van der Waals surface area contributed by atoms with E-state index in [1.165, 1.54) is 49.1 Å². The zero-order valence-electron chi connectivity index (χ0n) is 12.4. The Hall–Kier alpha value is -0.510. The molecule has 20 heavy (non-hydrogen) atoms. The van der Waals surface area contributed by atoms with Gasteiger partial charge in [0.25, 0.3) is 0 Å². The van der Waals surface area contributed by atoms with Gasteiger partial charge in [-0.2, -0.15) is 0 Å². The lowest BCUT2D eigenvalue weighted by Crippen LogP contribution is -2.37. The van der Waals surface area contributed by atoms with Crippen molar-refractivity contribution in [2.24, 2.45) is 11.7 Å². The molecule has 1 heterocycles. The number of rotatable bonds is 4. The van der Waals surface area contributed by atoms with Crippen LogP contribution in [0.1, 0.15) is 43.7 Å². The molecule has 1 aromatic rings. The Kier molecular flexibility index (Phi) is 4.69. The molecule has 3 heteroatoms. The summed E-state index contributed by atoms with van der Waals surface area (Å²) in [6.45, 7) is 2.08. The van der Waals surface area contributed by atoms with Gasteiger partial charge in [-0.25, -0.2) is 0 Å². The smallest absolute Gasteiger partial charge is 0.0391 e. The molecule has 0 spiro atoms. The molecule has 2 nitrogen and oxygen atoms in total. The zero-order chi connectivity index (χ0) is 13.9. The minimum absolute atomic E-state index is 0.547. The van der Waals surface area contributed by atoms with Gasteiger partial charge < -0.3 is 5.73 Å². The maximum atomic E-state index is 6.11. The van der Waals surface area contributed by atoms with Crippen LogP contribution in [0.5, 0.6) is 0 Å². The van der Waals surface area contributed by atoms with E-state index >= 15 is 0 Å². The van der Waals surface area contributed by atoms with E-state index in [-0.39, 0.29) is 0 Å². The fraction of sp³-hybridized carbons (Fsp3) is 0.647. The Labute approximate surface area is 127 Å². The molecule has 1 aliphatic heterocycles. The summed E-state index contributed by atoms with van der Waals surface area (Å²) in [5, 5.41) is 0. The maximum absolute atomic E-state index is 6.11. The number of nitrogens with zero attached hydrogens (tertiary/aromatic N) is 1. The molecule has 2 fully saturated rings. The van der Waals surface area contributed by atoms with Crippen LogP contribution < -0.4 is 5.73 Å². The molecule has 0 aromatic heterocycles. The van der Waals surface area contributed by atoms with Crippen molar-refractivity contribution in [1.29, 1.82) is 0 Å². The summed E-state index contributed by atoms with van der Waals surface area (Å²) in [7, 11) is 0. The van der Waals surface area contributed by atoms with Gasteiger partial charge in [-0.1, -0.05) is 18.6 Å². The summed E-state index contributed by atoms with van der Waals surface area (Å²) in [4.78, 5) is 4.11. The molecule has 1 aromatic carbocycles. The number of likely N-dealkylation sites (tertiary alicyclic amines) is 1. The summed E-state index contributed by atoms with van der Waals surface area (Å²) in [5.74, 6) is 0.623. The number of hydrogen-bond acceptors (Lipinski definition) is 3. The molecule has 0 radical (unpaired) electrons. The maximum Gasteiger partial charge on any atom is 0.0391 e. The number of hydrogen-bond donors (Lipinski definition) is 1. The number of nitrogens with two attached hydrogens (primary N) is 1. The highest BCUT2D eigenvalue weighted by Gasteiger charge is 2.38. The summed E-state index contributed by atoms with van der Waals surface area (Å²) < 4.78 is 0. The monoisotopic (exact) mass is 290 g/mol. The first-order chi connectivity index (χ1) is 9.83. The van der Waals surface area contributed by atoms with Gasteiger partial charge >= 0.3 is 0 Å². The molecule has 2 unspecified atom stereocenters. The molecule has 0 amide bonds. The van der Waals surface area contributed by atoms with Crippen molar-refractivity contribution in [3.05, 3.63) is 29.8 Å². The first kappa shape index (κ1) is 14.4. The second-order valence-electron chi connectivity index (χ2n) is 6.18. The Morgan fingerprint density at radius 2 is 1.90 bits per heavy atom. The lowest BCUT2D eigenvalue weighted by molar-refractivity contribution is 0.149. The zero-order valence-corrected chi connectivity index (χ0v) is 13.2. The predicted molar refractivity (Wildman–Crippen MR) is 87.1 cm³/mol. The molecule has 1 saturated carbocycles. The van der Waals surface area contributed by atoms with Gasteiger partial charge in [-0.3, -0.25) is 4.90 Å². The van der Waals surface area contributed by atoms with Crippen LogP contribution in [0, 0.1) is 5.92 Å². The third kappa shape index (κ3) is 3.05. The molecule has 3 rings (SSSR count). The average molecular weight is 290 g/mol. The SMILES string of the molecule is CSc1ccc(C2C(CN)CCCCN2C2CC2)cc1. The predicted octanol–water partition coefficient (Wildman–Crippen LogP) is 3.67. The summed E-state index contributed by atoms with van der Waals surface area (Å²) in [5.41, 5.74) is 7.59. The van der Waals surface area contributed by atoms with Crippen molar-refractivity contribution < 1.29 is 0 Å².